The molecule has 0 fully saturated rings. The van der Waals surface area contributed by atoms with Gasteiger partial charge >= 0.3 is 0 Å². The molecule has 2 heterocycles. The van der Waals surface area contributed by atoms with Crippen LogP contribution in [0.2, 0.25) is 0 Å². The van der Waals surface area contributed by atoms with Crippen molar-refractivity contribution in [3.63, 3.8) is 0 Å². The van der Waals surface area contributed by atoms with Crippen molar-refractivity contribution >= 4 is 16.5 Å². The highest BCUT2D eigenvalue weighted by molar-refractivity contribution is 5.92. The van der Waals surface area contributed by atoms with Crippen LogP contribution in [0.5, 0.6) is 0 Å². The Labute approximate surface area is 334 Å². The van der Waals surface area contributed by atoms with E-state index in [9.17, 15) is 0 Å². The minimum absolute atomic E-state index is 0.721. The number of para-hydroxylation sites is 1. The fourth-order valence-electron chi connectivity index (χ4n) is 8.22. The lowest BCUT2D eigenvalue weighted by Gasteiger charge is -2.21. The van der Waals surface area contributed by atoms with E-state index in [1.165, 1.54) is 78.5 Å². The van der Waals surface area contributed by atoms with Gasteiger partial charge in [0.1, 0.15) is 0 Å². The highest BCUT2D eigenvalue weighted by atomic mass is 14.9. The molecule has 1 aliphatic rings. The van der Waals surface area contributed by atoms with Crippen LogP contribution in [0.3, 0.4) is 0 Å². The SMILES string of the molecule is Cc1cc(-c2ccc(-c3cccc4c3NCCC4)cc2)cc(-c2ccc3ccc(-c4ccc(-c5cc(-c6ccccc6)nc(-c6ccccc6)n5)cc4)cc3c2)c1. The molecule has 1 aromatic heterocycles. The molecule has 1 N–H and O–H groups in total. The standard InChI is InChI=1S/C54H41N3/c1-36-30-47(38-17-23-40(24-18-38)50-16-8-14-43-15-9-29-55-53(43)50)34-48(31-36)46-28-22-39-21-27-45(32-49(39)33-46)37-19-25-42(26-20-37)52-35-51(41-10-4-2-5-11-41)56-54(57-52)44-12-6-3-7-13-44/h2-8,10-14,16-28,30-35,55H,9,15,29H2,1H3. The van der Waals surface area contributed by atoms with E-state index in [4.69, 9.17) is 9.97 Å². The summed E-state index contributed by atoms with van der Waals surface area (Å²) >= 11 is 0. The van der Waals surface area contributed by atoms with Gasteiger partial charge in [-0.25, -0.2) is 9.97 Å². The molecule has 9 aromatic rings. The number of benzene rings is 8. The van der Waals surface area contributed by atoms with E-state index in [-0.39, 0.29) is 0 Å². The van der Waals surface area contributed by atoms with E-state index in [0.717, 1.165) is 46.9 Å². The number of rotatable bonds is 7. The Balaban J connectivity index is 0.938. The van der Waals surface area contributed by atoms with E-state index in [0.29, 0.717) is 0 Å². The third-order valence-corrected chi connectivity index (χ3v) is 11.2. The second-order valence-electron chi connectivity index (χ2n) is 15.1. The van der Waals surface area contributed by atoms with Gasteiger partial charge in [0.05, 0.1) is 11.4 Å². The molecule has 0 atom stereocenters. The van der Waals surface area contributed by atoms with E-state index in [1.807, 2.05) is 36.4 Å². The van der Waals surface area contributed by atoms with Gasteiger partial charge < -0.3 is 5.32 Å². The molecule has 0 aliphatic carbocycles. The monoisotopic (exact) mass is 731 g/mol. The predicted molar refractivity (Wildman–Crippen MR) is 239 cm³/mol. The lowest BCUT2D eigenvalue weighted by molar-refractivity contribution is 0.831. The molecule has 0 unspecified atom stereocenters. The van der Waals surface area contributed by atoms with Gasteiger partial charge in [-0.1, -0.05) is 164 Å². The van der Waals surface area contributed by atoms with Crippen molar-refractivity contribution in [3.8, 4) is 78.4 Å². The van der Waals surface area contributed by atoms with Crippen molar-refractivity contribution in [2.24, 2.45) is 0 Å². The Bertz CT molecular complexity index is 2820. The molecular weight excluding hydrogens is 691 g/mol. The third kappa shape index (κ3) is 7.01. The molecular formula is C54H41N3. The summed E-state index contributed by atoms with van der Waals surface area (Å²) in [5, 5.41) is 6.10. The molecule has 0 bridgehead atoms. The lowest BCUT2D eigenvalue weighted by Crippen LogP contribution is -2.12. The van der Waals surface area contributed by atoms with Crippen LogP contribution in [0.25, 0.3) is 89.2 Å². The largest absolute Gasteiger partial charge is 0.384 e. The van der Waals surface area contributed by atoms with Gasteiger partial charge in [0.25, 0.3) is 0 Å². The maximum Gasteiger partial charge on any atom is 0.160 e. The zero-order valence-electron chi connectivity index (χ0n) is 31.9. The average Bonchev–Trinajstić information content (AvgIpc) is 3.29. The minimum atomic E-state index is 0.721. The first kappa shape index (κ1) is 34.4. The Morgan fingerprint density at radius 2 is 0.947 bits per heavy atom. The molecule has 0 saturated carbocycles. The molecule has 272 valence electrons. The second-order valence-corrected chi connectivity index (χ2v) is 15.1. The highest BCUT2D eigenvalue weighted by Gasteiger charge is 2.15. The first-order valence-corrected chi connectivity index (χ1v) is 19.8. The van der Waals surface area contributed by atoms with Crippen LogP contribution in [0.1, 0.15) is 17.5 Å². The van der Waals surface area contributed by atoms with Crippen molar-refractivity contribution in [2.45, 2.75) is 19.8 Å². The first-order valence-electron chi connectivity index (χ1n) is 19.8. The van der Waals surface area contributed by atoms with Crippen LogP contribution in [0.15, 0.2) is 188 Å². The van der Waals surface area contributed by atoms with Crippen molar-refractivity contribution in [2.75, 3.05) is 11.9 Å². The smallest absolute Gasteiger partial charge is 0.160 e. The normalized spacial score (nSPS) is 12.2. The number of anilines is 1. The van der Waals surface area contributed by atoms with E-state index in [2.05, 4.69) is 164 Å². The van der Waals surface area contributed by atoms with Crippen molar-refractivity contribution in [1.82, 2.24) is 9.97 Å². The first-order chi connectivity index (χ1) is 28.1. The quantitative estimate of drug-likeness (QED) is 0.177. The molecule has 0 radical (unpaired) electrons. The molecule has 3 heteroatoms. The van der Waals surface area contributed by atoms with Gasteiger partial charge in [0, 0.05) is 34.5 Å². The highest BCUT2D eigenvalue weighted by Crippen LogP contribution is 2.37. The average molecular weight is 732 g/mol. The van der Waals surface area contributed by atoms with Gasteiger partial charge in [0.15, 0.2) is 5.82 Å². The zero-order chi connectivity index (χ0) is 38.1. The van der Waals surface area contributed by atoms with E-state index in [1.54, 1.807) is 0 Å². The Hall–Kier alpha value is -7.10. The number of nitrogens with zero attached hydrogens (tertiary/aromatic N) is 2. The van der Waals surface area contributed by atoms with Crippen LogP contribution < -0.4 is 5.32 Å². The lowest BCUT2D eigenvalue weighted by atomic mass is 9.92. The fourth-order valence-corrected chi connectivity index (χ4v) is 8.22. The van der Waals surface area contributed by atoms with E-state index >= 15 is 0 Å². The number of aromatic nitrogens is 2. The molecule has 8 aromatic carbocycles. The van der Waals surface area contributed by atoms with Gasteiger partial charge in [0.2, 0.25) is 0 Å². The third-order valence-electron chi connectivity index (χ3n) is 11.2. The van der Waals surface area contributed by atoms with Gasteiger partial charge in [-0.15, -0.1) is 0 Å². The van der Waals surface area contributed by atoms with Crippen molar-refractivity contribution in [1.29, 1.82) is 0 Å². The number of aryl methyl sites for hydroxylation is 2. The molecule has 0 saturated heterocycles. The number of fused-ring (bicyclic) bond motifs is 2. The molecule has 3 nitrogen and oxygen atoms in total. The summed E-state index contributed by atoms with van der Waals surface area (Å²) in [5.74, 6) is 0.721. The van der Waals surface area contributed by atoms with Crippen molar-refractivity contribution in [3.05, 3.63) is 199 Å². The van der Waals surface area contributed by atoms with Gasteiger partial charge in [-0.3, -0.25) is 0 Å². The summed E-state index contributed by atoms with van der Waals surface area (Å²) in [6.07, 6.45) is 2.33. The number of hydrogen-bond acceptors (Lipinski definition) is 3. The van der Waals surface area contributed by atoms with E-state index < -0.39 is 0 Å². The Morgan fingerprint density at radius 1 is 0.404 bits per heavy atom. The molecule has 1 aliphatic heterocycles. The summed E-state index contributed by atoms with van der Waals surface area (Å²) in [6.45, 7) is 3.23. The Morgan fingerprint density at radius 3 is 1.63 bits per heavy atom. The zero-order valence-corrected chi connectivity index (χ0v) is 31.9. The van der Waals surface area contributed by atoms with Crippen molar-refractivity contribution < 1.29 is 0 Å². The van der Waals surface area contributed by atoms with Crippen LogP contribution in [0, 0.1) is 6.92 Å². The topological polar surface area (TPSA) is 37.8 Å². The van der Waals surface area contributed by atoms with Crippen LogP contribution in [-0.2, 0) is 6.42 Å². The summed E-state index contributed by atoms with van der Waals surface area (Å²) in [7, 11) is 0. The maximum atomic E-state index is 5.03. The number of hydrogen-bond donors (Lipinski definition) is 1. The Kier molecular flexibility index (Phi) is 8.97. The maximum absolute atomic E-state index is 5.03. The summed E-state index contributed by atoms with van der Waals surface area (Å²) in [6, 6.07) is 67.6. The van der Waals surface area contributed by atoms with Crippen LogP contribution in [0.4, 0.5) is 5.69 Å². The predicted octanol–water partition coefficient (Wildman–Crippen LogP) is 14.0. The van der Waals surface area contributed by atoms with Gasteiger partial charge in [-0.2, -0.15) is 0 Å². The minimum Gasteiger partial charge on any atom is -0.384 e. The molecule has 0 spiro atoms. The molecule has 10 rings (SSSR count). The van der Waals surface area contributed by atoms with Crippen LogP contribution in [-0.4, -0.2) is 16.5 Å². The second kappa shape index (κ2) is 14.9. The summed E-state index contributed by atoms with van der Waals surface area (Å²) < 4.78 is 0. The molecule has 0 amide bonds. The summed E-state index contributed by atoms with van der Waals surface area (Å²) in [4.78, 5) is 9.99. The summed E-state index contributed by atoms with van der Waals surface area (Å²) in [5.41, 5.74) is 18.7. The fraction of sp³-hybridized carbons (Fsp3) is 0.0741. The number of nitrogens with one attached hydrogen (secondary N) is 1. The van der Waals surface area contributed by atoms with Crippen LogP contribution >= 0.6 is 0 Å². The van der Waals surface area contributed by atoms with Gasteiger partial charge in [-0.05, 0) is 105 Å². The molecule has 57 heavy (non-hydrogen) atoms.